The molecule has 3 N–H and O–H groups in total. The molecular formula is C12H19N3O4S2. The molecule has 1 aliphatic rings. The van der Waals surface area contributed by atoms with Crippen LogP contribution >= 0.6 is 11.3 Å². The van der Waals surface area contributed by atoms with E-state index in [4.69, 9.17) is 9.88 Å². The Balaban J connectivity index is 2.18. The molecule has 7 nitrogen and oxygen atoms in total. The molecule has 0 radical (unpaired) electrons. The van der Waals surface area contributed by atoms with E-state index in [0.717, 1.165) is 11.3 Å². The molecule has 2 rings (SSSR count). The van der Waals surface area contributed by atoms with Gasteiger partial charge in [0.25, 0.3) is 0 Å². The number of nitrogens with two attached hydrogens (primary N) is 1. The Bertz CT molecular complexity index is 655. The average Bonchev–Trinajstić information content (AvgIpc) is 2.80. The molecule has 0 bridgehead atoms. The molecule has 1 aromatic rings. The van der Waals surface area contributed by atoms with Crippen LogP contribution in [0.25, 0.3) is 0 Å². The van der Waals surface area contributed by atoms with E-state index >= 15 is 0 Å². The first-order chi connectivity index (χ1) is 9.61. The number of ether oxygens (including phenoxy) is 1. The van der Waals surface area contributed by atoms with Crippen LogP contribution in [0, 0.1) is 18.8 Å². The van der Waals surface area contributed by atoms with Crippen LogP contribution in [0.4, 0.5) is 5.13 Å². The highest BCUT2D eigenvalue weighted by atomic mass is 32.2. The molecule has 1 fully saturated rings. The fraction of sp³-hybridized carbons (Fsp3) is 0.667. The number of amides is 1. The van der Waals surface area contributed by atoms with Crippen LogP contribution in [0.1, 0.15) is 26.5 Å². The van der Waals surface area contributed by atoms with Crippen molar-refractivity contribution in [2.24, 2.45) is 17.0 Å². The van der Waals surface area contributed by atoms with Crippen molar-refractivity contribution in [3.05, 3.63) is 5.69 Å². The molecule has 1 amide bonds. The number of anilines is 1. The van der Waals surface area contributed by atoms with Gasteiger partial charge in [-0.2, -0.15) is 0 Å². The minimum absolute atomic E-state index is 0.00811. The normalized spacial score (nSPS) is 29.6. The summed E-state index contributed by atoms with van der Waals surface area (Å²) in [7, 11) is -3.82. The second kappa shape index (κ2) is 5.64. The molecule has 0 aliphatic carbocycles. The third-order valence-corrected chi connectivity index (χ3v) is 6.41. The van der Waals surface area contributed by atoms with E-state index in [1.54, 1.807) is 0 Å². The summed E-state index contributed by atoms with van der Waals surface area (Å²) < 4.78 is 28.3. The van der Waals surface area contributed by atoms with Gasteiger partial charge in [-0.25, -0.2) is 18.5 Å². The van der Waals surface area contributed by atoms with Crippen molar-refractivity contribution < 1.29 is 17.9 Å². The second-order valence-corrected chi connectivity index (χ2v) is 8.11. The maximum atomic E-state index is 12.3. The monoisotopic (exact) mass is 333 g/mol. The van der Waals surface area contributed by atoms with Crippen LogP contribution in [0.3, 0.4) is 0 Å². The molecule has 118 valence electrons. The van der Waals surface area contributed by atoms with Gasteiger partial charge in [-0.05, 0) is 26.7 Å². The molecule has 1 aromatic heterocycles. The van der Waals surface area contributed by atoms with E-state index in [2.05, 4.69) is 10.3 Å². The second-order valence-electron chi connectivity index (χ2n) is 5.36. The van der Waals surface area contributed by atoms with Gasteiger partial charge in [0.1, 0.15) is 0 Å². The number of nitrogens with one attached hydrogen (secondary N) is 1. The van der Waals surface area contributed by atoms with E-state index < -0.39 is 10.0 Å². The highest BCUT2D eigenvalue weighted by Crippen LogP contribution is 2.34. The van der Waals surface area contributed by atoms with Crippen LogP contribution in [0.15, 0.2) is 4.21 Å². The third-order valence-electron chi connectivity index (χ3n) is 3.79. The first-order valence-electron chi connectivity index (χ1n) is 6.57. The minimum atomic E-state index is -3.82. The first-order valence-corrected chi connectivity index (χ1v) is 8.94. The van der Waals surface area contributed by atoms with Gasteiger partial charge in [0.15, 0.2) is 9.34 Å². The van der Waals surface area contributed by atoms with E-state index in [9.17, 15) is 13.2 Å². The van der Waals surface area contributed by atoms with Gasteiger partial charge in [0.05, 0.1) is 23.8 Å². The number of sulfonamides is 1. The number of primary sulfonamides is 1. The molecule has 9 heteroatoms. The molecule has 1 saturated heterocycles. The Morgan fingerprint density at radius 3 is 2.38 bits per heavy atom. The summed E-state index contributed by atoms with van der Waals surface area (Å²) in [5.74, 6) is -0.421. The average molecular weight is 333 g/mol. The van der Waals surface area contributed by atoms with Gasteiger partial charge < -0.3 is 10.1 Å². The van der Waals surface area contributed by atoms with Crippen LogP contribution in [-0.4, -0.2) is 31.5 Å². The molecule has 0 spiro atoms. The summed E-state index contributed by atoms with van der Waals surface area (Å²) in [4.78, 5) is 16.4. The zero-order valence-corrected chi connectivity index (χ0v) is 13.9. The summed E-state index contributed by atoms with van der Waals surface area (Å²) in [6.45, 7) is 7.29. The van der Waals surface area contributed by atoms with Gasteiger partial charge in [0.2, 0.25) is 15.9 Å². The molecular weight excluding hydrogens is 314 g/mol. The molecule has 1 aliphatic heterocycles. The van der Waals surface area contributed by atoms with Crippen molar-refractivity contribution in [3.8, 4) is 0 Å². The van der Waals surface area contributed by atoms with Crippen LogP contribution < -0.4 is 10.5 Å². The Morgan fingerprint density at radius 2 is 1.95 bits per heavy atom. The zero-order valence-electron chi connectivity index (χ0n) is 12.3. The summed E-state index contributed by atoms with van der Waals surface area (Å²) in [5.41, 5.74) is 0.287. The molecule has 0 aromatic carbocycles. The molecule has 21 heavy (non-hydrogen) atoms. The smallest absolute Gasteiger partial charge is 0.249 e. The minimum Gasteiger partial charge on any atom is -0.374 e. The molecule has 4 unspecified atom stereocenters. The maximum absolute atomic E-state index is 12.3. The lowest BCUT2D eigenvalue weighted by atomic mass is 9.89. The Labute approximate surface area is 127 Å². The lowest BCUT2D eigenvalue weighted by Gasteiger charge is -2.16. The highest BCUT2D eigenvalue weighted by molar-refractivity contribution is 7.91. The van der Waals surface area contributed by atoms with Crippen LogP contribution in [-0.2, 0) is 19.6 Å². The van der Waals surface area contributed by atoms with Gasteiger partial charge in [0, 0.05) is 0 Å². The predicted molar refractivity (Wildman–Crippen MR) is 79.5 cm³/mol. The number of carbonyl (C=O) groups is 1. The molecule has 0 saturated carbocycles. The van der Waals surface area contributed by atoms with Gasteiger partial charge in [-0.3, -0.25) is 4.79 Å². The zero-order chi connectivity index (χ0) is 15.9. The number of aryl methyl sites for hydroxylation is 1. The lowest BCUT2D eigenvalue weighted by Crippen LogP contribution is -2.31. The van der Waals surface area contributed by atoms with Crippen molar-refractivity contribution in [1.82, 2.24) is 4.98 Å². The van der Waals surface area contributed by atoms with Crippen molar-refractivity contribution in [2.75, 3.05) is 5.32 Å². The van der Waals surface area contributed by atoms with E-state index in [1.807, 2.05) is 20.8 Å². The van der Waals surface area contributed by atoms with E-state index in [0.29, 0.717) is 0 Å². The molecule has 2 heterocycles. The Kier molecular flexibility index (Phi) is 4.39. The topological polar surface area (TPSA) is 111 Å². The summed E-state index contributed by atoms with van der Waals surface area (Å²) in [6.07, 6.45) is -0.178. The summed E-state index contributed by atoms with van der Waals surface area (Å²) in [5, 5.41) is 8.00. The van der Waals surface area contributed by atoms with Gasteiger partial charge >= 0.3 is 0 Å². The van der Waals surface area contributed by atoms with Gasteiger partial charge in [-0.15, -0.1) is 0 Å². The van der Waals surface area contributed by atoms with Gasteiger partial charge in [-0.1, -0.05) is 18.3 Å². The predicted octanol–water partition coefficient (Wildman–Crippen LogP) is 1.10. The number of aromatic nitrogens is 1. The number of carbonyl (C=O) groups excluding carboxylic acids is 1. The van der Waals surface area contributed by atoms with Crippen molar-refractivity contribution in [3.63, 3.8) is 0 Å². The standard InChI is InChI=1S/C12H19N3O4S2/c1-5-7(3)19-8(4)9(5)10(16)15-12-14-6(2)11(20-12)21(13,17)18/h5,7-9H,1-4H3,(H2,13,17,18)(H,14,15,16). The largest absolute Gasteiger partial charge is 0.374 e. The van der Waals surface area contributed by atoms with Crippen LogP contribution in [0.5, 0.6) is 0 Å². The number of nitrogens with zero attached hydrogens (tertiary/aromatic N) is 1. The van der Waals surface area contributed by atoms with E-state index in [-0.39, 0.29) is 45.0 Å². The van der Waals surface area contributed by atoms with E-state index in [1.165, 1.54) is 6.92 Å². The quantitative estimate of drug-likeness (QED) is 0.860. The van der Waals surface area contributed by atoms with Crippen molar-refractivity contribution >= 4 is 32.4 Å². The summed E-state index contributed by atoms with van der Waals surface area (Å²) in [6, 6.07) is 0. The fourth-order valence-electron chi connectivity index (χ4n) is 2.61. The number of thiazole rings is 1. The van der Waals surface area contributed by atoms with Crippen LogP contribution in [0.2, 0.25) is 0 Å². The first kappa shape index (κ1) is 16.3. The molecule has 4 atom stereocenters. The SMILES string of the molecule is Cc1nc(NC(=O)C2C(C)OC(C)C2C)sc1S(N)(=O)=O. The fourth-order valence-corrected chi connectivity index (χ4v) is 4.47. The maximum Gasteiger partial charge on any atom is 0.249 e. The number of hydrogen-bond acceptors (Lipinski definition) is 6. The van der Waals surface area contributed by atoms with Crippen molar-refractivity contribution in [1.29, 1.82) is 0 Å². The third kappa shape index (κ3) is 3.25. The highest BCUT2D eigenvalue weighted by Gasteiger charge is 2.41. The summed E-state index contributed by atoms with van der Waals surface area (Å²) >= 11 is 0.860. The van der Waals surface area contributed by atoms with Crippen molar-refractivity contribution in [2.45, 2.75) is 44.1 Å². The lowest BCUT2D eigenvalue weighted by molar-refractivity contribution is -0.121. The Morgan fingerprint density at radius 1 is 1.33 bits per heavy atom. The number of rotatable bonds is 3. The number of hydrogen-bond donors (Lipinski definition) is 2. The Hall–Kier alpha value is -1.03.